The van der Waals surface area contributed by atoms with Gasteiger partial charge in [-0.05, 0) is 17.7 Å². The Bertz CT molecular complexity index is 762. The summed E-state index contributed by atoms with van der Waals surface area (Å²) >= 11 is 5.01. The summed E-state index contributed by atoms with van der Waals surface area (Å²) in [5.41, 5.74) is 9.07. The van der Waals surface area contributed by atoms with Crippen molar-refractivity contribution in [3.8, 4) is 0 Å². The molecule has 0 aliphatic rings. The van der Waals surface area contributed by atoms with Crippen LogP contribution in [0.1, 0.15) is 17.8 Å². The van der Waals surface area contributed by atoms with Gasteiger partial charge in [-0.15, -0.1) is 0 Å². The molecule has 0 spiro atoms. The van der Waals surface area contributed by atoms with Crippen LogP contribution in [0.15, 0.2) is 54.6 Å². The average molecular weight is 295 g/mol. The Kier molecular flexibility index (Phi) is 3.97. The summed E-state index contributed by atoms with van der Waals surface area (Å²) in [6, 6.07) is 18.6. The molecule has 21 heavy (non-hydrogen) atoms. The van der Waals surface area contributed by atoms with Crippen molar-refractivity contribution in [3.63, 3.8) is 0 Å². The smallest absolute Gasteiger partial charge is 0.114 e. The molecule has 0 saturated heterocycles. The van der Waals surface area contributed by atoms with E-state index in [9.17, 15) is 0 Å². The first-order valence-electron chi connectivity index (χ1n) is 7.00. The van der Waals surface area contributed by atoms with Gasteiger partial charge in [0.15, 0.2) is 0 Å². The topological polar surface area (TPSA) is 43.8 Å². The summed E-state index contributed by atoms with van der Waals surface area (Å²) in [6.07, 6.45) is 1.50. The summed E-state index contributed by atoms with van der Waals surface area (Å²) in [5.74, 6) is 1.05. The fourth-order valence-electron chi connectivity index (χ4n) is 2.51. The number of benzene rings is 2. The zero-order valence-corrected chi connectivity index (χ0v) is 12.5. The van der Waals surface area contributed by atoms with Crippen LogP contribution in [0.25, 0.3) is 11.0 Å². The Morgan fingerprint density at radius 3 is 2.52 bits per heavy atom. The van der Waals surface area contributed by atoms with Crippen molar-refractivity contribution < 1.29 is 0 Å². The van der Waals surface area contributed by atoms with Gasteiger partial charge in [0, 0.05) is 19.4 Å². The molecule has 0 unspecified atom stereocenters. The quantitative estimate of drug-likeness (QED) is 0.734. The molecule has 0 saturated carbocycles. The average Bonchev–Trinajstić information content (AvgIpc) is 2.83. The van der Waals surface area contributed by atoms with E-state index in [1.54, 1.807) is 0 Å². The van der Waals surface area contributed by atoms with E-state index in [-0.39, 0.29) is 0 Å². The maximum absolute atomic E-state index is 5.65. The van der Waals surface area contributed by atoms with E-state index < -0.39 is 0 Å². The van der Waals surface area contributed by atoms with Crippen LogP contribution in [0, 0.1) is 0 Å². The van der Waals surface area contributed by atoms with E-state index >= 15 is 0 Å². The van der Waals surface area contributed by atoms with Crippen LogP contribution in [0.2, 0.25) is 0 Å². The van der Waals surface area contributed by atoms with Crippen LogP contribution < -0.4 is 5.73 Å². The van der Waals surface area contributed by atoms with Gasteiger partial charge in [-0.25, -0.2) is 4.98 Å². The molecule has 3 nitrogen and oxygen atoms in total. The lowest BCUT2D eigenvalue weighted by Crippen LogP contribution is -2.13. The van der Waals surface area contributed by atoms with Gasteiger partial charge in [-0.3, -0.25) is 0 Å². The van der Waals surface area contributed by atoms with Crippen LogP contribution in [0.5, 0.6) is 0 Å². The number of para-hydroxylation sites is 2. The minimum Gasteiger partial charge on any atom is -0.393 e. The monoisotopic (exact) mass is 295 g/mol. The van der Waals surface area contributed by atoms with Crippen LogP contribution in [0.4, 0.5) is 0 Å². The van der Waals surface area contributed by atoms with Gasteiger partial charge >= 0.3 is 0 Å². The standard InChI is InChI=1S/C17H17N3S/c18-16(21)10-11-20-15-9-5-4-8-14(15)19-17(20)12-13-6-2-1-3-7-13/h1-9H,10-12H2,(H2,18,21). The molecule has 0 fully saturated rings. The maximum Gasteiger partial charge on any atom is 0.114 e. The van der Waals surface area contributed by atoms with Gasteiger partial charge < -0.3 is 10.3 Å². The Morgan fingerprint density at radius 1 is 1.05 bits per heavy atom. The normalized spacial score (nSPS) is 10.9. The second kappa shape index (κ2) is 6.06. The molecule has 0 radical (unpaired) electrons. The molecule has 3 aromatic rings. The highest BCUT2D eigenvalue weighted by atomic mass is 32.1. The number of aryl methyl sites for hydroxylation is 1. The van der Waals surface area contributed by atoms with E-state index in [4.69, 9.17) is 22.9 Å². The minimum atomic E-state index is 0.540. The Labute approximate surface area is 129 Å². The van der Waals surface area contributed by atoms with Crippen molar-refractivity contribution in [2.75, 3.05) is 0 Å². The third-order valence-electron chi connectivity index (χ3n) is 3.52. The van der Waals surface area contributed by atoms with E-state index in [0.29, 0.717) is 11.4 Å². The first-order valence-corrected chi connectivity index (χ1v) is 7.41. The van der Waals surface area contributed by atoms with Crippen molar-refractivity contribution in [2.45, 2.75) is 19.4 Å². The number of imidazole rings is 1. The van der Waals surface area contributed by atoms with Crippen LogP contribution in [-0.4, -0.2) is 14.5 Å². The zero-order valence-electron chi connectivity index (χ0n) is 11.7. The zero-order chi connectivity index (χ0) is 14.7. The SMILES string of the molecule is NC(=S)CCn1c(Cc2ccccc2)nc2ccccc21. The highest BCUT2D eigenvalue weighted by molar-refractivity contribution is 7.80. The molecule has 2 aromatic carbocycles. The number of nitrogens with two attached hydrogens (primary N) is 1. The lowest BCUT2D eigenvalue weighted by molar-refractivity contribution is 0.704. The molecule has 0 aliphatic heterocycles. The fourth-order valence-corrected chi connectivity index (χ4v) is 2.60. The molecule has 2 N–H and O–H groups in total. The molecule has 0 amide bonds. The maximum atomic E-state index is 5.65. The fraction of sp³-hybridized carbons (Fsp3) is 0.176. The molecular formula is C17H17N3S. The van der Waals surface area contributed by atoms with Crippen molar-refractivity contribution >= 4 is 28.2 Å². The van der Waals surface area contributed by atoms with Crippen LogP contribution in [-0.2, 0) is 13.0 Å². The van der Waals surface area contributed by atoms with E-state index in [1.165, 1.54) is 5.56 Å². The Morgan fingerprint density at radius 2 is 1.76 bits per heavy atom. The number of rotatable bonds is 5. The number of aromatic nitrogens is 2. The van der Waals surface area contributed by atoms with Gasteiger partial charge in [-0.2, -0.15) is 0 Å². The lowest BCUT2D eigenvalue weighted by atomic mass is 10.1. The molecule has 1 aromatic heterocycles. The minimum absolute atomic E-state index is 0.540. The molecule has 106 valence electrons. The van der Waals surface area contributed by atoms with Gasteiger partial charge in [0.05, 0.1) is 16.0 Å². The largest absolute Gasteiger partial charge is 0.393 e. The van der Waals surface area contributed by atoms with Crippen molar-refractivity contribution in [2.24, 2.45) is 5.73 Å². The molecule has 4 heteroatoms. The predicted molar refractivity (Wildman–Crippen MR) is 90.4 cm³/mol. The summed E-state index contributed by atoms with van der Waals surface area (Å²) in [4.78, 5) is 5.30. The molecule has 0 aliphatic carbocycles. The number of nitrogens with zero attached hydrogens (tertiary/aromatic N) is 2. The second-order valence-corrected chi connectivity index (χ2v) is 5.57. The van der Waals surface area contributed by atoms with Crippen molar-refractivity contribution in [3.05, 3.63) is 66.0 Å². The van der Waals surface area contributed by atoms with Gasteiger partial charge in [0.1, 0.15) is 5.82 Å². The first kappa shape index (κ1) is 13.8. The number of hydrogen-bond acceptors (Lipinski definition) is 2. The number of hydrogen-bond donors (Lipinski definition) is 1. The highest BCUT2D eigenvalue weighted by Gasteiger charge is 2.10. The lowest BCUT2D eigenvalue weighted by Gasteiger charge is -2.09. The molecule has 0 atom stereocenters. The van der Waals surface area contributed by atoms with Gasteiger partial charge in [0.2, 0.25) is 0 Å². The first-order chi connectivity index (χ1) is 10.2. The van der Waals surface area contributed by atoms with Crippen LogP contribution >= 0.6 is 12.2 Å². The Balaban J connectivity index is 1.99. The van der Waals surface area contributed by atoms with E-state index in [1.807, 2.05) is 24.3 Å². The summed E-state index contributed by atoms with van der Waals surface area (Å²) in [5, 5.41) is 0. The molecule has 0 bridgehead atoms. The predicted octanol–water partition coefficient (Wildman–Crippen LogP) is 3.30. The second-order valence-electron chi connectivity index (χ2n) is 5.05. The van der Waals surface area contributed by atoms with Gasteiger partial charge in [0.25, 0.3) is 0 Å². The number of thiocarbonyl (C=S) groups is 1. The molecule has 3 rings (SSSR count). The van der Waals surface area contributed by atoms with E-state index in [0.717, 1.165) is 29.8 Å². The van der Waals surface area contributed by atoms with E-state index in [2.05, 4.69) is 34.9 Å². The van der Waals surface area contributed by atoms with Gasteiger partial charge in [-0.1, -0.05) is 54.7 Å². The third-order valence-corrected chi connectivity index (χ3v) is 3.72. The number of fused-ring (bicyclic) bond motifs is 1. The van der Waals surface area contributed by atoms with Crippen molar-refractivity contribution in [1.82, 2.24) is 9.55 Å². The Hall–Kier alpha value is -2.20. The molecular weight excluding hydrogens is 278 g/mol. The molecule has 1 heterocycles. The third kappa shape index (κ3) is 3.11. The summed E-state index contributed by atoms with van der Waals surface area (Å²) in [7, 11) is 0. The highest BCUT2D eigenvalue weighted by Crippen LogP contribution is 2.19. The van der Waals surface area contributed by atoms with Crippen molar-refractivity contribution in [1.29, 1.82) is 0 Å². The summed E-state index contributed by atoms with van der Waals surface area (Å²) < 4.78 is 2.22. The van der Waals surface area contributed by atoms with Crippen LogP contribution in [0.3, 0.4) is 0 Å². The summed E-state index contributed by atoms with van der Waals surface area (Å²) in [6.45, 7) is 0.776.